The molecule has 1 unspecified atom stereocenters. The van der Waals surface area contributed by atoms with E-state index in [1.807, 2.05) is 4.90 Å². The number of carbonyl (C=O) groups is 1. The van der Waals surface area contributed by atoms with Gasteiger partial charge in [-0.3, -0.25) is 4.79 Å². The van der Waals surface area contributed by atoms with Crippen LogP contribution in [0.15, 0.2) is 0 Å². The monoisotopic (exact) mass is 270 g/mol. The summed E-state index contributed by atoms with van der Waals surface area (Å²) >= 11 is 4.93. The molecular weight excluding hydrogens is 248 g/mol. The van der Waals surface area contributed by atoms with Gasteiger partial charge < -0.3 is 15.4 Å². The number of ether oxygens (including phenoxy) is 1. The number of carbonyl (C=O) groups excluding carboxylic acids is 1. The smallest absolute Gasteiger partial charge is 0.223 e. The number of rotatable bonds is 3. The van der Waals surface area contributed by atoms with E-state index in [1.165, 1.54) is 32.1 Å². The van der Waals surface area contributed by atoms with Crippen LogP contribution in [0, 0.1) is 5.92 Å². The molecule has 0 aromatic heterocycles. The Morgan fingerprint density at radius 1 is 1.33 bits per heavy atom. The molecule has 1 heterocycles. The van der Waals surface area contributed by atoms with Gasteiger partial charge >= 0.3 is 0 Å². The Balaban J connectivity index is 1.82. The lowest BCUT2D eigenvalue weighted by Gasteiger charge is -2.33. The number of hydrogen-bond acceptors (Lipinski definition) is 3. The van der Waals surface area contributed by atoms with E-state index in [2.05, 4.69) is 0 Å². The van der Waals surface area contributed by atoms with E-state index >= 15 is 0 Å². The van der Waals surface area contributed by atoms with Gasteiger partial charge in [0.2, 0.25) is 5.91 Å². The molecule has 2 fully saturated rings. The second kappa shape index (κ2) is 6.48. The number of nitrogens with zero attached hydrogens (tertiary/aromatic N) is 1. The predicted octanol–water partition coefficient (Wildman–Crippen LogP) is 1.47. The summed E-state index contributed by atoms with van der Waals surface area (Å²) in [6.45, 7) is 1.74. The molecule has 1 saturated carbocycles. The molecular formula is C13H22N2O2S. The molecule has 102 valence electrons. The lowest BCUT2D eigenvalue weighted by atomic mass is 9.86. The number of amides is 1. The highest BCUT2D eigenvalue weighted by Gasteiger charge is 2.27. The van der Waals surface area contributed by atoms with Crippen LogP contribution in [0.3, 0.4) is 0 Å². The quantitative estimate of drug-likeness (QED) is 0.789. The molecule has 5 heteroatoms. The molecule has 1 aliphatic heterocycles. The summed E-state index contributed by atoms with van der Waals surface area (Å²) in [4.78, 5) is 14.4. The van der Waals surface area contributed by atoms with E-state index in [0.717, 1.165) is 0 Å². The lowest BCUT2D eigenvalue weighted by Crippen LogP contribution is -2.50. The van der Waals surface area contributed by atoms with Crippen molar-refractivity contribution in [3.05, 3.63) is 0 Å². The zero-order valence-corrected chi connectivity index (χ0v) is 11.6. The highest BCUT2D eigenvalue weighted by atomic mass is 32.1. The third-order valence-corrected chi connectivity index (χ3v) is 4.19. The van der Waals surface area contributed by atoms with Gasteiger partial charge in [0.25, 0.3) is 0 Å². The Kier molecular flexibility index (Phi) is 4.95. The lowest BCUT2D eigenvalue weighted by molar-refractivity contribution is -0.137. The Morgan fingerprint density at radius 3 is 2.72 bits per heavy atom. The van der Waals surface area contributed by atoms with E-state index in [0.29, 0.717) is 37.0 Å². The van der Waals surface area contributed by atoms with Crippen LogP contribution in [-0.2, 0) is 9.53 Å². The maximum absolute atomic E-state index is 12.2. The molecule has 0 aromatic rings. The van der Waals surface area contributed by atoms with Gasteiger partial charge in [0.05, 0.1) is 13.2 Å². The van der Waals surface area contributed by atoms with Crippen LogP contribution in [0.4, 0.5) is 0 Å². The van der Waals surface area contributed by atoms with Crippen LogP contribution in [-0.4, -0.2) is 41.6 Å². The van der Waals surface area contributed by atoms with E-state index in [4.69, 9.17) is 22.7 Å². The fourth-order valence-corrected chi connectivity index (χ4v) is 2.96. The molecule has 0 radical (unpaired) electrons. The first-order valence-corrected chi connectivity index (χ1v) is 7.26. The SMILES string of the molecule is NC(=S)C1CN(C(=O)CC2CCCCC2)CCO1. The van der Waals surface area contributed by atoms with Crippen molar-refractivity contribution in [3.8, 4) is 0 Å². The van der Waals surface area contributed by atoms with Crippen LogP contribution < -0.4 is 5.73 Å². The van der Waals surface area contributed by atoms with Crippen molar-refractivity contribution in [1.82, 2.24) is 4.90 Å². The van der Waals surface area contributed by atoms with Crippen LogP contribution in [0.1, 0.15) is 38.5 Å². The molecule has 2 N–H and O–H groups in total. The first-order valence-electron chi connectivity index (χ1n) is 6.85. The van der Waals surface area contributed by atoms with Crippen LogP contribution in [0.2, 0.25) is 0 Å². The van der Waals surface area contributed by atoms with Gasteiger partial charge in [0.15, 0.2) is 0 Å². The van der Waals surface area contributed by atoms with Gasteiger partial charge in [-0.05, 0) is 18.8 Å². The Labute approximate surface area is 114 Å². The fourth-order valence-electron chi connectivity index (χ4n) is 2.82. The molecule has 2 rings (SSSR count). The van der Waals surface area contributed by atoms with Gasteiger partial charge in [0, 0.05) is 13.0 Å². The maximum Gasteiger partial charge on any atom is 0.223 e. The second-order valence-corrected chi connectivity index (χ2v) is 5.78. The molecule has 1 saturated heterocycles. The van der Waals surface area contributed by atoms with Crippen LogP contribution in [0.5, 0.6) is 0 Å². The van der Waals surface area contributed by atoms with E-state index in [1.54, 1.807) is 0 Å². The predicted molar refractivity (Wildman–Crippen MR) is 74.3 cm³/mol. The van der Waals surface area contributed by atoms with Gasteiger partial charge in [0.1, 0.15) is 11.1 Å². The molecule has 2 aliphatic rings. The zero-order chi connectivity index (χ0) is 13.0. The van der Waals surface area contributed by atoms with Gasteiger partial charge in [-0.25, -0.2) is 0 Å². The summed E-state index contributed by atoms with van der Waals surface area (Å²) in [5, 5.41) is 0. The molecule has 0 aromatic carbocycles. The third kappa shape index (κ3) is 3.65. The molecule has 0 spiro atoms. The molecule has 18 heavy (non-hydrogen) atoms. The van der Waals surface area contributed by atoms with E-state index in [9.17, 15) is 4.79 Å². The molecule has 1 aliphatic carbocycles. The summed E-state index contributed by atoms with van der Waals surface area (Å²) in [5.74, 6) is 0.823. The fraction of sp³-hybridized carbons (Fsp3) is 0.846. The van der Waals surface area contributed by atoms with Crippen molar-refractivity contribution in [2.45, 2.75) is 44.6 Å². The van der Waals surface area contributed by atoms with Crippen molar-refractivity contribution >= 4 is 23.1 Å². The number of morpholine rings is 1. The summed E-state index contributed by atoms with van der Waals surface area (Å²) in [6, 6.07) is 0. The van der Waals surface area contributed by atoms with Crippen molar-refractivity contribution in [2.24, 2.45) is 11.7 Å². The van der Waals surface area contributed by atoms with Crippen molar-refractivity contribution in [2.75, 3.05) is 19.7 Å². The molecule has 4 nitrogen and oxygen atoms in total. The average molecular weight is 270 g/mol. The highest BCUT2D eigenvalue weighted by Crippen LogP contribution is 2.27. The molecule has 1 atom stereocenters. The Morgan fingerprint density at radius 2 is 2.06 bits per heavy atom. The normalized spacial score (nSPS) is 26.0. The number of nitrogens with two attached hydrogens (primary N) is 1. The van der Waals surface area contributed by atoms with Gasteiger partial charge in [-0.2, -0.15) is 0 Å². The number of hydrogen-bond donors (Lipinski definition) is 1. The van der Waals surface area contributed by atoms with Crippen molar-refractivity contribution in [1.29, 1.82) is 0 Å². The second-order valence-electron chi connectivity index (χ2n) is 5.31. The Hall–Kier alpha value is -0.680. The summed E-state index contributed by atoms with van der Waals surface area (Å²) in [7, 11) is 0. The average Bonchev–Trinajstić information content (AvgIpc) is 2.40. The minimum absolute atomic E-state index is 0.242. The minimum atomic E-state index is -0.260. The minimum Gasteiger partial charge on any atom is -0.391 e. The van der Waals surface area contributed by atoms with Crippen molar-refractivity contribution in [3.63, 3.8) is 0 Å². The van der Waals surface area contributed by atoms with Crippen LogP contribution in [0.25, 0.3) is 0 Å². The Bertz CT molecular complexity index is 316. The largest absolute Gasteiger partial charge is 0.391 e. The summed E-state index contributed by atoms with van der Waals surface area (Å²) < 4.78 is 5.45. The topological polar surface area (TPSA) is 55.6 Å². The third-order valence-electron chi connectivity index (χ3n) is 3.92. The molecule has 0 bridgehead atoms. The zero-order valence-electron chi connectivity index (χ0n) is 10.8. The van der Waals surface area contributed by atoms with Crippen molar-refractivity contribution < 1.29 is 9.53 Å². The van der Waals surface area contributed by atoms with Crippen LogP contribution >= 0.6 is 12.2 Å². The first-order chi connectivity index (χ1) is 8.66. The first kappa shape index (κ1) is 13.7. The standard InChI is InChI=1S/C13H22N2O2S/c14-13(18)11-9-15(6-7-17-11)12(16)8-10-4-2-1-3-5-10/h10-11H,1-9H2,(H2,14,18). The summed E-state index contributed by atoms with van der Waals surface area (Å²) in [5.41, 5.74) is 5.58. The van der Waals surface area contributed by atoms with E-state index in [-0.39, 0.29) is 12.0 Å². The maximum atomic E-state index is 12.2. The van der Waals surface area contributed by atoms with Gasteiger partial charge in [-0.15, -0.1) is 0 Å². The summed E-state index contributed by atoms with van der Waals surface area (Å²) in [6.07, 6.45) is 6.70. The molecule has 1 amide bonds. The van der Waals surface area contributed by atoms with E-state index < -0.39 is 0 Å². The highest BCUT2D eigenvalue weighted by molar-refractivity contribution is 7.80. The number of thiocarbonyl (C=S) groups is 1. The van der Waals surface area contributed by atoms with Gasteiger partial charge in [-0.1, -0.05) is 31.5 Å².